The van der Waals surface area contributed by atoms with E-state index in [-0.39, 0.29) is 18.6 Å². The molecule has 0 fully saturated rings. The van der Waals surface area contributed by atoms with E-state index in [0.29, 0.717) is 11.3 Å². The lowest BCUT2D eigenvalue weighted by Crippen LogP contribution is -2.42. The molecular formula is C23H24N2O6S. The van der Waals surface area contributed by atoms with E-state index in [9.17, 15) is 23.1 Å². The predicted molar refractivity (Wildman–Crippen MR) is 121 cm³/mol. The molecule has 1 amide bonds. The van der Waals surface area contributed by atoms with Gasteiger partial charge in [0.15, 0.2) is 0 Å². The Morgan fingerprint density at radius 3 is 2.31 bits per heavy atom. The van der Waals surface area contributed by atoms with E-state index in [4.69, 9.17) is 4.84 Å². The van der Waals surface area contributed by atoms with E-state index in [1.54, 1.807) is 42.5 Å². The number of carbonyl (C=O) groups is 2. The quantitative estimate of drug-likeness (QED) is 0.453. The Labute approximate surface area is 186 Å². The van der Waals surface area contributed by atoms with Crippen molar-refractivity contribution >= 4 is 38.4 Å². The summed E-state index contributed by atoms with van der Waals surface area (Å²) in [5, 5.41) is 12.4. The predicted octanol–water partition coefficient (Wildman–Crippen LogP) is 3.09. The second-order valence-electron chi connectivity index (χ2n) is 7.19. The molecule has 0 radical (unpaired) electrons. The number of anilines is 1. The first-order valence-corrected chi connectivity index (χ1v) is 11.6. The molecule has 1 atom stereocenters. The Morgan fingerprint density at radius 1 is 1.00 bits per heavy atom. The Bertz CT molecular complexity index is 1200. The summed E-state index contributed by atoms with van der Waals surface area (Å²) in [6.07, 6.45) is -0.457. The summed E-state index contributed by atoms with van der Waals surface area (Å²) in [4.78, 5) is 29.6. The molecule has 0 saturated heterocycles. The summed E-state index contributed by atoms with van der Waals surface area (Å²) in [5.41, 5.74) is 1.02. The fourth-order valence-electron chi connectivity index (χ4n) is 3.31. The SMILES string of the molecule is CON(C(=O)CCC(NS(=O)(=O)Cc1ccccc1)C(=O)O)c1ccc2ccccc2c1. The Hall–Kier alpha value is -3.27. The van der Waals surface area contributed by atoms with Gasteiger partial charge in [-0.05, 0) is 34.9 Å². The molecule has 0 saturated carbocycles. The lowest BCUT2D eigenvalue weighted by molar-refractivity contribution is -0.139. The molecule has 0 aromatic heterocycles. The van der Waals surface area contributed by atoms with E-state index < -0.39 is 27.9 Å². The number of sulfonamides is 1. The van der Waals surface area contributed by atoms with Crippen LogP contribution in [-0.2, 0) is 30.2 Å². The number of aliphatic carboxylic acids is 1. The average molecular weight is 457 g/mol. The second-order valence-corrected chi connectivity index (χ2v) is 8.95. The van der Waals surface area contributed by atoms with Crippen LogP contribution in [0, 0.1) is 0 Å². The molecule has 8 nitrogen and oxygen atoms in total. The van der Waals surface area contributed by atoms with Gasteiger partial charge in [-0.2, -0.15) is 5.06 Å². The van der Waals surface area contributed by atoms with Crippen molar-refractivity contribution in [2.45, 2.75) is 24.6 Å². The number of carbonyl (C=O) groups excluding carboxylic acids is 1. The molecule has 9 heteroatoms. The lowest BCUT2D eigenvalue weighted by Gasteiger charge is -2.21. The van der Waals surface area contributed by atoms with Gasteiger partial charge in [0, 0.05) is 6.42 Å². The summed E-state index contributed by atoms with van der Waals surface area (Å²) in [7, 11) is -2.58. The van der Waals surface area contributed by atoms with E-state index in [1.165, 1.54) is 7.11 Å². The minimum atomic E-state index is -3.92. The van der Waals surface area contributed by atoms with Gasteiger partial charge in [0.2, 0.25) is 10.0 Å². The minimum absolute atomic E-state index is 0.227. The molecule has 32 heavy (non-hydrogen) atoms. The Kier molecular flexibility index (Phi) is 7.57. The highest BCUT2D eigenvalue weighted by atomic mass is 32.2. The highest BCUT2D eigenvalue weighted by molar-refractivity contribution is 7.88. The van der Waals surface area contributed by atoms with Gasteiger partial charge in [0.25, 0.3) is 5.91 Å². The molecular weight excluding hydrogens is 432 g/mol. The van der Waals surface area contributed by atoms with E-state index >= 15 is 0 Å². The van der Waals surface area contributed by atoms with Crippen LogP contribution in [-0.4, -0.2) is 38.6 Å². The van der Waals surface area contributed by atoms with Crippen molar-refractivity contribution in [1.29, 1.82) is 0 Å². The molecule has 0 spiro atoms. The number of hydrogen-bond acceptors (Lipinski definition) is 5. The molecule has 1 unspecified atom stereocenters. The number of benzene rings is 3. The number of hydrogen-bond donors (Lipinski definition) is 2. The normalized spacial score (nSPS) is 12.4. The number of carboxylic acid groups (broad SMARTS) is 1. The summed E-state index contributed by atoms with van der Waals surface area (Å²) in [6.45, 7) is 0. The zero-order chi connectivity index (χ0) is 23.1. The highest BCUT2D eigenvalue weighted by Crippen LogP contribution is 2.23. The van der Waals surface area contributed by atoms with E-state index in [1.807, 2.05) is 30.3 Å². The maximum Gasteiger partial charge on any atom is 0.321 e. The van der Waals surface area contributed by atoms with E-state index in [2.05, 4.69) is 4.72 Å². The first-order valence-electron chi connectivity index (χ1n) is 9.91. The van der Waals surface area contributed by atoms with Gasteiger partial charge < -0.3 is 5.11 Å². The van der Waals surface area contributed by atoms with Crippen LogP contribution in [0.4, 0.5) is 5.69 Å². The van der Waals surface area contributed by atoms with Crippen molar-refractivity contribution in [2.75, 3.05) is 12.2 Å². The fourth-order valence-corrected chi connectivity index (χ4v) is 4.68. The number of amides is 1. The van der Waals surface area contributed by atoms with Crippen molar-refractivity contribution in [1.82, 2.24) is 4.72 Å². The monoisotopic (exact) mass is 456 g/mol. The van der Waals surface area contributed by atoms with Crippen molar-refractivity contribution in [2.24, 2.45) is 0 Å². The summed E-state index contributed by atoms with van der Waals surface area (Å²) in [5.74, 6) is -2.20. The van der Waals surface area contributed by atoms with Crippen LogP contribution in [0.3, 0.4) is 0 Å². The third-order valence-electron chi connectivity index (χ3n) is 4.84. The summed E-state index contributed by atoms with van der Waals surface area (Å²) < 4.78 is 27.0. The summed E-state index contributed by atoms with van der Waals surface area (Å²) in [6, 6.07) is 20.0. The van der Waals surface area contributed by atoms with Crippen LogP contribution in [0.2, 0.25) is 0 Å². The molecule has 0 aliphatic carbocycles. The van der Waals surface area contributed by atoms with Gasteiger partial charge in [-0.15, -0.1) is 0 Å². The van der Waals surface area contributed by atoms with Crippen LogP contribution in [0.5, 0.6) is 0 Å². The van der Waals surface area contributed by atoms with Crippen molar-refractivity contribution in [3.63, 3.8) is 0 Å². The first kappa shape index (κ1) is 23.4. The van der Waals surface area contributed by atoms with Gasteiger partial charge in [0.1, 0.15) is 6.04 Å². The number of hydroxylamine groups is 1. The number of rotatable bonds is 10. The first-order chi connectivity index (χ1) is 15.3. The van der Waals surface area contributed by atoms with Crippen LogP contribution in [0.1, 0.15) is 18.4 Å². The molecule has 168 valence electrons. The van der Waals surface area contributed by atoms with Gasteiger partial charge in [-0.3, -0.25) is 14.4 Å². The van der Waals surface area contributed by atoms with Crippen LogP contribution in [0.25, 0.3) is 10.8 Å². The molecule has 0 bridgehead atoms. The molecule has 0 aliphatic rings. The number of carboxylic acids is 1. The zero-order valence-corrected chi connectivity index (χ0v) is 18.3. The largest absolute Gasteiger partial charge is 0.480 e. The van der Waals surface area contributed by atoms with Crippen molar-refractivity contribution < 1.29 is 28.0 Å². The fraction of sp³-hybridized carbons (Fsp3) is 0.217. The number of nitrogens with zero attached hydrogens (tertiary/aromatic N) is 1. The highest BCUT2D eigenvalue weighted by Gasteiger charge is 2.26. The molecule has 3 aromatic rings. The topological polar surface area (TPSA) is 113 Å². The number of nitrogens with one attached hydrogen (secondary N) is 1. The standard InChI is InChI=1S/C23H24N2O6S/c1-31-25(20-12-11-18-9-5-6-10-19(18)15-20)22(26)14-13-21(23(27)28)24-32(29,30)16-17-7-3-2-4-8-17/h2-12,15,21,24H,13-14,16H2,1H3,(H,27,28). The van der Waals surface area contributed by atoms with Gasteiger partial charge in [-0.25, -0.2) is 13.1 Å². The molecule has 3 rings (SSSR count). The molecule has 2 N–H and O–H groups in total. The van der Waals surface area contributed by atoms with E-state index in [0.717, 1.165) is 15.8 Å². The minimum Gasteiger partial charge on any atom is -0.480 e. The molecule has 0 aliphatic heterocycles. The van der Waals surface area contributed by atoms with Crippen LogP contribution < -0.4 is 9.79 Å². The number of fused-ring (bicyclic) bond motifs is 1. The zero-order valence-electron chi connectivity index (χ0n) is 17.5. The maximum atomic E-state index is 12.7. The van der Waals surface area contributed by atoms with Crippen molar-refractivity contribution in [3.05, 3.63) is 78.4 Å². The Balaban J connectivity index is 1.67. The van der Waals surface area contributed by atoms with Gasteiger partial charge in [0.05, 0.1) is 18.6 Å². The third kappa shape index (κ3) is 6.13. The molecule has 3 aromatic carbocycles. The maximum absolute atomic E-state index is 12.7. The van der Waals surface area contributed by atoms with Gasteiger partial charge in [-0.1, -0.05) is 60.7 Å². The lowest BCUT2D eigenvalue weighted by atomic mass is 10.1. The summed E-state index contributed by atoms with van der Waals surface area (Å²) >= 11 is 0. The van der Waals surface area contributed by atoms with Crippen molar-refractivity contribution in [3.8, 4) is 0 Å². The Morgan fingerprint density at radius 2 is 1.66 bits per heavy atom. The average Bonchev–Trinajstić information content (AvgIpc) is 2.77. The second kappa shape index (κ2) is 10.4. The van der Waals surface area contributed by atoms with Crippen LogP contribution in [0.15, 0.2) is 72.8 Å². The molecule has 0 heterocycles. The van der Waals surface area contributed by atoms with Gasteiger partial charge >= 0.3 is 5.97 Å². The smallest absolute Gasteiger partial charge is 0.321 e. The third-order valence-corrected chi connectivity index (χ3v) is 6.20. The van der Waals surface area contributed by atoms with Crippen LogP contribution >= 0.6 is 0 Å².